The fraction of sp³-hybridized carbons (Fsp3) is 0.344. The predicted molar refractivity (Wildman–Crippen MR) is 154 cm³/mol. The molecular formula is C32H36N4O3. The van der Waals surface area contributed by atoms with Gasteiger partial charge in [-0.2, -0.15) is 5.10 Å². The minimum Gasteiger partial charge on any atom is -0.383 e. The van der Waals surface area contributed by atoms with Gasteiger partial charge in [0.25, 0.3) is 11.8 Å². The van der Waals surface area contributed by atoms with Gasteiger partial charge in [0, 0.05) is 56.0 Å². The standard InChI is InChI=1S/C32H36N4O3/c1-22-6-4-5-7-27(22)25-8-10-26(11-9-25)32(38)35-17-14-24(15-18-35)20-36-21-29-23(2)28(12-13-30(29)34-36)31(37)33-16-19-39-3/h4-13,21,24H,14-20H2,1-3H3,(H,33,37). The SMILES string of the molecule is COCCNC(=O)c1ccc2nn(CC3CCN(C(=O)c4ccc(-c5ccccc5C)cc4)CC3)cc2c1C. The lowest BCUT2D eigenvalue weighted by Gasteiger charge is -2.32. The summed E-state index contributed by atoms with van der Waals surface area (Å²) < 4.78 is 7.02. The van der Waals surface area contributed by atoms with Crippen LogP contribution in [-0.4, -0.2) is 59.8 Å². The minimum absolute atomic E-state index is 0.0962. The van der Waals surface area contributed by atoms with Crippen molar-refractivity contribution in [3.63, 3.8) is 0 Å². The number of piperidine rings is 1. The zero-order valence-corrected chi connectivity index (χ0v) is 22.9. The second-order valence-corrected chi connectivity index (χ2v) is 10.4. The molecule has 1 aromatic heterocycles. The monoisotopic (exact) mass is 524 g/mol. The van der Waals surface area contributed by atoms with E-state index in [1.54, 1.807) is 7.11 Å². The van der Waals surface area contributed by atoms with E-state index in [0.717, 1.165) is 60.1 Å². The first-order valence-electron chi connectivity index (χ1n) is 13.6. The average Bonchev–Trinajstić information content (AvgIpc) is 3.37. The summed E-state index contributed by atoms with van der Waals surface area (Å²) in [5.41, 5.74) is 6.77. The molecule has 4 aromatic rings. The summed E-state index contributed by atoms with van der Waals surface area (Å²) in [5.74, 6) is 0.450. The highest BCUT2D eigenvalue weighted by Gasteiger charge is 2.24. The van der Waals surface area contributed by atoms with Crippen LogP contribution in [0.4, 0.5) is 0 Å². The average molecular weight is 525 g/mol. The number of fused-ring (bicyclic) bond motifs is 1. The van der Waals surface area contributed by atoms with Gasteiger partial charge < -0.3 is 15.0 Å². The second kappa shape index (κ2) is 11.8. The summed E-state index contributed by atoms with van der Waals surface area (Å²) in [6.45, 7) is 7.33. The number of aromatic nitrogens is 2. The third-order valence-corrected chi connectivity index (χ3v) is 7.78. The van der Waals surface area contributed by atoms with E-state index in [1.807, 2.05) is 71.2 Å². The molecule has 1 aliphatic rings. The van der Waals surface area contributed by atoms with Gasteiger partial charge in [0.1, 0.15) is 0 Å². The maximum atomic E-state index is 13.2. The summed E-state index contributed by atoms with van der Waals surface area (Å²) in [6.07, 6.45) is 3.93. The van der Waals surface area contributed by atoms with E-state index in [4.69, 9.17) is 9.84 Å². The summed E-state index contributed by atoms with van der Waals surface area (Å²) in [5, 5.41) is 8.66. The largest absolute Gasteiger partial charge is 0.383 e. The number of nitrogens with zero attached hydrogens (tertiary/aromatic N) is 3. The van der Waals surface area contributed by atoms with Gasteiger partial charge in [0.15, 0.2) is 0 Å². The third-order valence-electron chi connectivity index (χ3n) is 7.78. The van der Waals surface area contributed by atoms with Gasteiger partial charge in [-0.3, -0.25) is 14.3 Å². The molecule has 0 radical (unpaired) electrons. The number of rotatable bonds is 8. The lowest BCUT2D eigenvalue weighted by atomic mass is 9.95. The van der Waals surface area contributed by atoms with Crippen molar-refractivity contribution in [1.29, 1.82) is 0 Å². The van der Waals surface area contributed by atoms with Gasteiger partial charge in [0.05, 0.1) is 12.1 Å². The predicted octanol–water partition coefficient (Wildman–Crippen LogP) is 5.25. The molecule has 0 spiro atoms. The number of ether oxygens (including phenoxy) is 1. The molecule has 3 aromatic carbocycles. The smallest absolute Gasteiger partial charge is 0.253 e. The third kappa shape index (κ3) is 5.88. The Bertz CT molecular complexity index is 1470. The normalized spacial score (nSPS) is 14.1. The number of nitrogens with one attached hydrogen (secondary N) is 1. The molecule has 0 aliphatic carbocycles. The van der Waals surface area contributed by atoms with Crippen molar-refractivity contribution in [2.75, 3.05) is 33.4 Å². The van der Waals surface area contributed by atoms with Gasteiger partial charge >= 0.3 is 0 Å². The first-order valence-corrected chi connectivity index (χ1v) is 13.6. The Kier molecular flexibility index (Phi) is 8.07. The molecular weight excluding hydrogens is 488 g/mol. The van der Waals surface area contributed by atoms with Crippen LogP contribution in [0, 0.1) is 19.8 Å². The Labute approximate surface area is 229 Å². The maximum Gasteiger partial charge on any atom is 0.253 e. The van der Waals surface area contributed by atoms with Crippen molar-refractivity contribution < 1.29 is 14.3 Å². The van der Waals surface area contributed by atoms with E-state index < -0.39 is 0 Å². The van der Waals surface area contributed by atoms with E-state index in [-0.39, 0.29) is 11.8 Å². The highest BCUT2D eigenvalue weighted by molar-refractivity contribution is 6.00. The number of carbonyl (C=O) groups excluding carboxylic acids is 2. The van der Waals surface area contributed by atoms with Crippen molar-refractivity contribution >= 4 is 22.7 Å². The minimum atomic E-state index is -0.0962. The van der Waals surface area contributed by atoms with Gasteiger partial charge in [-0.05, 0) is 79.1 Å². The molecule has 0 unspecified atom stereocenters. The number of likely N-dealkylation sites (tertiary alicyclic amines) is 1. The molecule has 202 valence electrons. The zero-order chi connectivity index (χ0) is 27.4. The highest BCUT2D eigenvalue weighted by atomic mass is 16.5. The van der Waals surface area contributed by atoms with Crippen LogP contribution in [0.2, 0.25) is 0 Å². The summed E-state index contributed by atoms with van der Waals surface area (Å²) in [6, 6.07) is 20.0. The molecule has 7 nitrogen and oxygen atoms in total. The summed E-state index contributed by atoms with van der Waals surface area (Å²) in [4.78, 5) is 27.7. The molecule has 1 aliphatic heterocycles. The van der Waals surface area contributed by atoms with Gasteiger partial charge in [0.2, 0.25) is 0 Å². The molecule has 2 amide bonds. The van der Waals surface area contributed by atoms with E-state index in [0.29, 0.717) is 24.6 Å². The molecule has 1 N–H and O–H groups in total. The van der Waals surface area contributed by atoms with Gasteiger partial charge in [-0.15, -0.1) is 0 Å². The molecule has 2 heterocycles. The van der Waals surface area contributed by atoms with Gasteiger partial charge in [-0.25, -0.2) is 0 Å². The first-order chi connectivity index (χ1) is 18.9. The van der Waals surface area contributed by atoms with E-state index in [1.165, 1.54) is 11.1 Å². The zero-order valence-electron chi connectivity index (χ0n) is 22.9. The number of hydrogen-bond donors (Lipinski definition) is 1. The number of carbonyl (C=O) groups is 2. The second-order valence-electron chi connectivity index (χ2n) is 10.4. The fourth-order valence-corrected chi connectivity index (χ4v) is 5.44. The van der Waals surface area contributed by atoms with Crippen LogP contribution >= 0.6 is 0 Å². The molecule has 7 heteroatoms. The van der Waals surface area contributed by atoms with Crippen LogP contribution in [0.3, 0.4) is 0 Å². The van der Waals surface area contributed by atoms with Crippen LogP contribution < -0.4 is 5.32 Å². The number of amides is 2. The van der Waals surface area contributed by atoms with E-state index >= 15 is 0 Å². The molecule has 39 heavy (non-hydrogen) atoms. The number of methoxy groups -OCH3 is 1. The molecule has 0 bridgehead atoms. The van der Waals surface area contributed by atoms with Gasteiger partial charge in [-0.1, -0.05) is 36.4 Å². The Morgan fingerprint density at radius 2 is 1.74 bits per heavy atom. The van der Waals surface area contributed by atoms with Crippen LogP contribution in [-0.2, 0) is 11.3 Å². The maximum absolute atomic E-state index is 13.2. The molecule has 0 atom stereocenters. The van der Waals surface area contributed by atoms with Crippen LogP contribution in [0.5, 0.6) is 0 Å². The van der Waals surface area contributed by atoms with Crippen LogP contribution in [0.25, 0.3) is 22.0 Å². The number of aryl methyl sites for hydroxylation is 2. The van der Waals surface area contributed by atoms with Crippen molar-refractivity contribution in [1.82, 2.24) is 20.0 Å². The molecule has 0 saturated carbocycles. The fourth-order valence-electron chi connectivity index (χ4n) is 5.44. The first kappa shape index (κ1) is 26.6. The van der Waals surface area contributed by atoms with Crippen LogP contribution in [0.1, 0.15) is 44.7 Å². The molecule has 1 fully saturated rings. The van der Waals surface area contributed by atoms with Crippen molar-refractivity contribution in [2.45, 2.75) is 33.2 Å². The lowest BCUT2D eigenvalue weighted by molar-refractivity contribution is 0.0681. The molecule has 1 saturated heterocycles. The topological polar surface area (TPSA) is 76.5 Å². The van der Waals surface area contributed by atoms with Crippen molar-refractivity contribution in [2.24, 2.45) is 5.92 Å². The molecule has 5 rings (SSSR count). The van der Waals surface area contributed by atoms with E-state index in [9.17, 15) is 9.59 Å². The van der Waals surface area contributed by atoms with Crippen molar-refractivity contribution in [3.05, 3.63) is 89.1 Å². The highest BCUT2D eigenvalue weighted by Crippen LogP contribution is 2.26. The Morgan fingerprint density at radius 3 is 2.46 bits per heavy atom. The number of benzene rings is 3. The van der Waals surface area contributed by atoms with E-state index in [2.05, 4.69) is 24.4 Å². The lowest BCUT2D eigenvalue weighted by Crippen LogP contribution is -2.39. The Balaban J connectivity index is 1.18. The number of hydrogen-bond acceptors (Lipinski definition) is 4. The quantitative estimate of drug-likeness (QED) is 0.320. The Hall–Kier alpha value is -3.97. The van der Waals surface area contributed by atoms with Crippen molar-refractivity contribution in [3.8, 4) is 11.1 Å². The Morgan fingerprint density at radius 1 is 1.00 bits per heavy atom. The summed E-state index contributed by atoms with van der Waals surface area (Å²) in [7, 11) is 1.62. The van der Waals surface area contributed by atoms with Crippen LogP contribution in [0.15, 0.2) is 66.9 Å². The summed E-state index contributed by atoms with van der Waals surface area (Å²) >= 11 is 0.